The van der Waals surface area contributed by atoms with Gasteiger partial charge in [-0.25, -0.2) is 14.5 Å². The molecule has 1 atom stereocenters. The lowest BCUT2D eigenvalue weighted by atomic mass is 10.0. The molecule has 4 aromatic rings. The fourth-order valence-electron chi connectivity index (χ4n) is 4.62. The van der Waals surface area contributed by atoms with Crippen molar-refractivity contribution < 1.29 is 4.79 Å². The summed E-state index contributed by atoms with van der Waals surface area (Å²) in [4.78, 5) is 30.5. The van der Waals surface area contributed by atoms with Gasteiger partial charge in [-0.05, 0) is 56.8 Å². The van der Waals surface area contributed by atoms with Crippen molar-refractivity contribution in [2.45, 2.75) is 45.1 Å². The molecule has 8 nitrogen and oxygen atoms in total. The van der Waals surface area contributed by atoms with Crippen molar-refractivity contribution in [1.29, 1.82) is 0 Å². The molecular weight excluding hydrogens is 438 g/mol. The molecular formula is C27H31N7O. The first-order valence-corrected chi connectivity index (χ1v) is 12.1. The zero-order valence-corrected chi connectivity index (χ0v) is 20.7. The number of nitrogens with zero attached hydrogens (tertiary/aromatic N) is 7. The van der Waals surface area contributed by atoms with Crippen LogP contribution in [0.2, 0.25) is 0 Å². The lowest BCUT2D eigenvalue weighted by Crippen LogP contribution is -2.45. The fourth-order valence-corrected chi connectivity index (χ4v) is 4.62. The molecule has 180 valence electrons. The summed E-state index contributed by atoms with van der Waals surface area (Å²) in [6.45, 7) is 5.06. The number of rotatable bonds is 6. The van der Waals surface area contributed by atoms with Crippen molar-refractivity contribution in [2.75, 3.05) is 25.5 Å². The normalized spacial score (nSPS) is 16.6. The average molecular weight is 470 g/mol. The van der Waals surface area contributed by atoms with Crippen LogP contribution in [0.3, 0.4) is 0 Å². The van der Waals surface area contributed by atoms with Crippen LogP contribution in [-0.4, -0.2) is 62.1 Å². The summed E-state index contributed by atoms with van der Waals surface area (Å²) in [6.07, 6.45) is 9.52. The number of carbonyl (C=O) groups is 1. The molecule has 0 saturated carbocycles. The lowest BCUT2D eigenvalue weighted by molar-refractivity contribution is -0.120. The third kappa shape index (κ3) is 4.79. The van der Waals surface area contributed by atoms with Gasteiger partial charge in [0.05, 0.1) is 35.7 Å². The Morgan fingerprint density at radius 1 is 1.11 bits per heavy atom. The number of anilines is 1. The third-order valence-corrected chi connectivity index (χ3v) is 6.76. The first-order valence-electron chi connectivity index (χ1n) is 12.1. The third-order valence-electron chi connectivity index (χ3n) is 6.76. The van der Waals surface area contributed by atoms with Gasteiger partial charge in [-0.1, -0.05) is 13.8 Å². The molecule has 5 rings (SSSR count). The van der Waals surface area contributed by atoms with E-state index in [0.717, 1.165) is 34.6 Å². The van der Waals surface area contributed by atoms with Crippen molar-refractivity contribution in [3.05, 3.63) is 72.2 Å². The lowest BCUT2D eigenvalue weighted by Gasteiger charge is -2.34. The minimum Gasteiger partial charge on any atom is -0.311 e. The highest BCUT2D eigenvalue weighted by atomic mass is 16.2. The van der Waals surface area contributed by atoms with Gasteiger partial charge in [-0.3, -0.25) is 9.78 Å². The molecule has 1 amide bonds. The summed E-state index contributed by atoms with van der Waals surface area (Å²) in [5.41, 5.74) is 5.94. The van der Waals surface area contributed by atoms with E-state index in [1.807, 2.05) is 60.2 Å². The summed E-state index contributed by atoms with van der Waals surface area (Å²) >= 11 is 0. The standard InChI is InChI=1S/C27H31N7O/c1-18(2)23-17-30-34-12-8-19(13-25(23)34)24-7-10-28-26(31-24)14-20-5-6-22(16-29-20)33-11-9-21(32(3)4)15-27(33)35/h5-8,10,12-13,16-18,21H,9,11,14-15H2,1-4H3. The topological polar surface area (TPSA) is 79.5 Å². The Morgan fingerprint density at radius 3 is 2.69 bits per heavy atom. The van der Waals surface area contributed by atoms with Crippen LogP contribution in [0, 0.1) is 0 Å². The second-order valence-corrected chi connectivity index (χ2v) is 9.70. The quantitative estimate of drug-likeness (QED) is 0.425. The maximum atomic E-state index is 12.6. The van der Waals surface area contributed by atoms with Crippen LogP contribution >= 0.6 is 0 Å². The highest BCUT2D eigenvalue weighted by Crippen LogP contribution is 2.26. The van der Waals surface area contributed by atoms with Crippen molar-refractivity contribution in [3.63, 3.8) is 0 Å². The number of fused-ring (bicyclic) bond motifs is 1. The van der Waals surface area contributed by atoms with E-state index in [2.05, 4.69) is 39.9 Å². The van der Waals surface area contributed by atoms with E-state index < -0.39 is 0 Å². The Bertz CT molecular complexity index is 1340. The SMILES string of the molecule is CC(C)c1cnn2ccc(-c3ccnc(Cc4ccc(N5CCC(N(C)C)CC5=O)cn4)n3)cc12. The molecule has 1 unspecified atom stereocenters. The van der Waals surface area contributed by atoms with Crippen LogP contribution < -0.4 is 4.90 Å². The van der Waals surface area contributed by atoms with Gasteiger partial charge in [0.1, 0.15) is 5.82 Å². The maximum Gasteiger partial charge on any atom is 0.228 e. The average Bonchev–Trinajstić information content (AvgIpc) is 3.28. The summed E-state index contributed by atoms with van der Waals surface area (Å²) < 4.78 is 1.90. The molecule has 0 bridgehead atoms. The zero-order chi connectivity index (χ0) is 24.5. The van der Waals surface area contributed by atoms with Crippen molar-refractivity contribution in [3.8, 4) is 11.3 Å². The number of hydrogen-bond donors (Lipinski definition) is 0. The van der Waals surface area contributed by atoms with E-state index >= 15 is 0 Å². The minimum atomic E-state index is 0.149. The predicted molar refractivity (Wildman–Crippen MR) is 136 cm³/mol. The maximum absolute atomic E-state index is 12.6. The van der Waals surface area contributed by atoms with Crippen LogP contribution in [0.15, 0.2) is 55.1 Å². The van der Waals surface area contributed by atoms with E-state index in [1.165, 1.54) is 5.56 Å². The van der Waals surface area contributed by atoms with Gasteiger partial charge in [0, 0.05) is 48.2 Å². The number of piperidine rings is 1. The first kappa shape index (κ1) is 23.1. The van der Waals surface area contributed by atoms with E-state index in [9.17, 15) is 4.79 Å². The van der Waals surface area contributed by atoms with Gasteiger partial charge in [0.15, 0.2) is 0 Å². The number of pyridine rings is 2. The van der Waals surface area contributed by atoms with Crippen LogP contribution in [0.4, 0.5) is 5.69 Å². The Morgan fingerprint density at radius 2 is 1.97 bits per heavy atom. The Hall–Kier alpha value is -3.65. The largest absolute Gasteiger partial charge is 0.311 e. The van der Waals surface area contributed by atoms with Gasteiger partial charge in [0.2, 0.25) is 5.91 Å². The molecule has 1 aliphatic rings. The van der Waals surface area contributed by atoms with Crippen LogP contribution in [0.25, 0.3) is 16.8 Å². The smallest absolute Gasteiger partial charge is 0.228 e. The number of amides is 1. The number of carbonyl (C=O) groups excluding carboxylic acids is 1. The van der Waals surface area contributed by atoms with Crippen LogP contribution in [-0.2, 0) is 11.2 Å². The van der Waals surface area contributed by atoms with Crippen molar-refractivity contribution >= 4 is 17.1 Å². The molecule has 1 aliphatic heterocycles. The Balaban J connectivity index is 1.32. The molecule has 35 heavy (non-hydrogen) atoms. The van der Waals surface area contributed by atoms with Crippen molar-refractivity contribution in [1.82, 2.24) is 29.5 Å². The molecule has 0 radical (unpaired) electrons. The summed E-state index contributed by atoms with van der Waals surface area (Å²) in [5, 5.41) is 4.45. The Kier molecular flexibility index (Phi) is 6.30. The van der Waals surface area contributed by atoms with Crippen LogP contribution in [0.1, 0.15) is 49.7 Å². The summed E-state index contributed by atoms with van der Waals surface area (Å²) in [6, 6.07) is 10.3. The Labute approximate surface area is 205 Å². The molecule has 1 fully saturated rings. The molecule has 4 aromatic heterocycles. The second kappa shape index (κ2) is 9.54. The molecule has 0 spiro atoms. The zero-order valence-electron chi connectivity index (χ0n) is 20.7. The van der Waals surface area contributed by atoms with E-state index in [4.69, 9.17) is 4.98 Å². The minimum absolute atomic E-state index is 0.149. The van der Waals surface area contributed by atoms with Crippen molar-refractivity contribution in [2.24, 2.45) is 0 Å². The molecule has 0 N–H and O–H groups in total. The number of aromatic nitrogens is 5. The molecule has 0 aliphatic carbocycles. The van der Waals surface area contributed by atoms with Crippen LogP contribution in [0.5, 0.6) is 0 Å². The molecule has 8 heteroatoms. The predicted octanol–water partition coefficient (Wildman–Crippen LogP) is 3.96. The van der Waals surface area contributed by atoms with Gasteiger partial charge < -0.3 is 9.80 Å². The van der Waals surface area contributed by atoms with Gasteiger partial charge in [-0.2, -0.15) is 5.10 Å². The monoisotopic (exact) mass is 469 g/mol. The molecule has 0 aromatic carbocycles. The van der Waals surface area contributed by atoms with Gasteiger partial charge >= 0.3 is 0 Å². The molecule has 5 heterocycles. The highest BCUT2D eigenvalue weighted by molar-refractivity contribution is 5.94. The van der Waals surface area contributed by atoms with Gasteiger partial charge in [0.25, 0.3) is 0 Å². The van der Waals surface area contributed by atoms with E-state index in [0.29, 0.717) is 37.2 Å². The second-order valence-electron chi connectivity index (χ2n) is 9.70. The first-order chi connectivity index (χ1) is 16.9. The fraction of sp³-hybridized carbons (Fsp3) is 0.370. The van der Waals surface area contributed by atoms with E-state index in [-0.39, 0.29) is 5.91 Å². The summed E-state index contributed by atoms with van der Waals surface area (Å²) in [5.74, 6) is 1.26. The summed E-state index contributed by atoms with van der Waals surface area (Å²) in [7, 11) is 4.06. The highest BCUT2D eigenvalue weighted by Gasteiger charge is 2.28. The van der Waals surface area contributed by atoms with E-state index in [1.54, 1.807) is 12.4 Å². The van der Waals surface area contributed by atoms with Gasteiger partial charge in [-0.15, -0.1) is 0 Å². The molecule has 1 saturated heterocycles. The number of hydrogen-bond acceptors (Lipinski definition) is 6.